The van der Waals surface area contributed by atoms with Crippen molar-refractivity contribution in [1.82, 2.24) is 15.2 Å². The minimum Gasteiger partial charge on any atom is -0.492 e. The second-order valence-electron chi connectivity index (χ2n) is 9.72. The zero-order valence-electron chi connectivity index (χ0n) is 22.5. The van der Waals surface area contributed by atoms with Crippen LogP contribution < -0.4 is 25.0 Å². The summed E-state index contributed by atoms with van der Waals surface area (Å²) in [4.78, 5) is 42.0. The number of carbonyl (C=O) groups excluding carboxylic acids is 2. The van der Waals surface area contributed by atoms with Crippen LogP contribution in [-0.2, 0) is 16.1 Å². The zero-order chi connectivity index (χ0) is 28.8. The summed E-state index contributed by atoms with van der Waals surface area (Å²) >= 11 is 0. The number of pyridine rings is 1. The Morgan fingerprint density at radius 2 is 1.98 bits per heavy atom. The van der Waals surface area contributed by atoms with Gasteiger partial charge in [-0.05, 0) is 60.0 Å². The number of amides is 3. The van der Waals surface area contributed by atoms with Crippen LogP contribution in [0, 0.1) is 0 Å². The standard InChI is InChI=1S/C29H31N5O7/c1-33(28(36)37)12-13-39-22-7-3-6-21(15-22)20-5-2-4-19(14-20)16-30-11-10-23-17-34(29(38)41-23)25-9-8-24-27(31-25)32-26(35)18-40-24/h2-9,14-15,23,30H,10-13,16-18H2,1H3,(H,36,37)(H,31,32,35). The lowest BCUT2D eigenvalue weighted by Crippen LogP contribution is -2.29. The number of anilines is 2. The van der Waals surface area contributed by atoms with E-state index in [0.717, 1.165) is 16.7 Å². The number of nitrogens with one attached hydrogen (secondary N) is 2. The smallest absolute Gasteiger partial charge is 0.415 e. The molecule has 0 aliphatic carbocycles. The maximum absolute atomic E-state index is 12.5. The predicted octanol–water partition coefficient (Wildman–Crippen LogP) is 3.57. The average Bonchev–Trinajstić information content (AvgIpc) is 3.35. The topological polar surface area (TPSA) is 143 Å². The highest BCUT2D eigenvalue weighted by Crippen LogP contribution is 2.30. The second kappa shape index (κ2) is 12.6. The Balaban J connectivity index is 1.10. The summed E-state index contributed by atoms with van der Waals surface area (Å²) in [7, 11) is 1.50. The van der Waals surface area contributed by atoms with Crippen molar-refractivity contribution < 1.29 is 33.7 Å². The van der Waals surface area contributed by atoms with Gasteiger partial charge in [0.05, 0.1) is 13.1 Å². The van der Waals surface area contributed by atoms with Gasteiger partial charge in [-0.3, -0.25) is 9.69 Å². The van der Waals surface area contributed by atoms with Crippen molar-refractivity contribution in [2.75, 3.05) is 50.1 Å². The van der Waals surface area contributed by atoms with Crippen LogP contribution in [-0.4, -0.2) is 79.1 Å². The van der Waals surface area contributed by atoms with Crippen molar-refractivity contribution >= 4 is 29.7 Å². The first kappa shape index (κ1) is 27.7. The third-order valence-electron chi connectivity index (χ3n) is 6.70. The number of carbonyl (C=O) groups is 3. The van der Waals surface area contributed by atoms with Crippen LogP contribution in [0.5, 0.6) is 11.5 Å². The maximum atomic E-state index is 12.5. The van der Waals surface area contributed by atoms with E-state index in [0.29, 0.717) is 49.2 Å². The molecule has 2 aromatic carbocycles. The van der Waals surface area contributed by atoms with Crippen LogP contribution in [0.1, 0.15) is 12.0 Å². The minimum absolute atomic E-state index is 0.0585. The molecule has 0 bridgehead atoms. The molecule has 1 atom stereocenters. The first-order valence-electron chi connectivity index (χ1n) is 13.2. The number of aromatic nitrogens is 1. The second-order valence-corrected chi connectivity index (χ2v) is 9.72. The van der Waals surface area contributed by atoms with Gasteiger partial charge in [-0.15, -0.1) is 0 Å². The third kappa shape index (κ3) is 7.03. The molecule has 12 nitrogen and oxygen atoms in total. The van der Waals surface area contributed by atoms with Gasteiger partial charge in [0.15, 0.2) is 18.2 Å². The van der Waals surface area contributed by atoms with Crippen LogP contribution in [0.4, 0.5) is 21.2 Å². The molecule has 3 N–H and O–H groups in total. The molecule has 1 saturated heterocycles. The van der Waals surface area contributed by atoms with Gasteiger partial charge in [0, 0.05) is 13.6 Å². The SMILES string of the molecule is CN(CCOc1cccc(-c2cccc(CNCCC3CN(c4ccc5c(n4)NC(=O)CO5)C(=O)O3)c2)c1)C(=O)O. The Hall–Kier alpha value is -4.84. The zero-order valence-corrected chi connectivity index (χ0v) is 22.5. The molecular formula is C29H31N5O7. The van der Waals surface area contributed by atoms with Crippen molar-refractivity contribution in [3.8, 4) is 22.6 Å². The lowest BCUT2D eigenvalue weighted by Gasteiger charge is -2.19. The number of fused-ring (bicyclic) bond motifs is 1. The van der Waals surface area contributed by atoms with Crippen LogP contribution in [0.15, 0.2) is 60.7 Å². The minimum atomic E-state index is -0.991. The third-order valence-corrected chi connectivity index (χ3v) is 6.70. The number of cyclic esters (lactones) is 1. The fourth-order valence-electron chi connectivity index (χ4n) is 4.48. The molecule has 3 heterocycles. The summed E-state index contributed by atoms with van der Waals surface area (Å²) in [6.45, 7) is 2.13. The molecule has 1 unspecified atom stereocenters. The van der Waals surface area contributed by atoms with Crippen molar-refractivity contribution in [2.45, 2.75) is 19.1 Å². The molecule has 1 aromatic heterocycles. The van der Waals surface area contributed by atoms with E-state index in [-0.39, 0.29) is 31.8 Å². The van der Waals surface area contributed by atoms with E-state index >= 15 is 0 Å². The quantitative estimate of drug-likeness (QED) is 0.300. The lowest BCUT2D eigenvalue weighted by molar-refractivity contribution is -0.118. The molecule has 41 heavy (non-hydrogen) atoms. The van der Waals surface area contributed by atoms with E-state index in [1.165, 1.54) is 16.8 Å². The molecule has 0 spiro atoms. The average molecular weight is 562 g/mol. The van der Waals surface area contributed by atoms with Crippen molar-refractivity contribution in [3.63, 3.8) is 0 Å². The van der Waals surface area contributed by atoms with Gasteiger partial charge in [-0.25, -0.2) is 14.6 Å². The molecule has 3 amide bonds. The van der Waals surface area contributed by atoms with Crippen molar-refractivity contribution in [3.05, 3.63) is 66.2 Å². The summed E-state index contributed by atoms with van der Waals surface area (Å²) in [6, 6.07) is 19.2. The van der Waals surface area contributed by atoms with Gasteiger partial charge in [0.25, 0.3) is 5.91 Å². The number of benzene rings is 2. The summed E-state index contributed by atoms with van der Waals surface area (Å²) in [5, 5.41) is 15.0. The highest BCUT2D eigenvalue weighted by atomic mass is 16.6. The summed E-state index contributed by atoms with van der Waals surface area (Å²) in [5.74, 6) is 1.54. The largest absolute Gasteiger partial charge is 0.492 e. The fourth-order valence-corrected chi connectivity index (χ4v) is 4.48. The number of hydrogen-bond donors (Lipinski definition) is 3. The summed E-state index contributed by atoms with van der Waals surface area (Å²) in [6.07, 6.45) is -1.13. The van der Waals surface area contributed by atoms with Crippen molar-refractivity contribution in [1.29, 1.82) is 0 Å². The first-order valence-corrected chi connectivity index (χ1v) is 13.2. The number of carboxylic acid groups (broad SMARTS) is 1. The Labute approximate surface area is 236 Å². The molecule has 214 valence electrons. The Kier molecular flexibility index (Phi) is 8.49. The first-order chi connectivity index (χ1) is 19.9. The molecule has 2 aliphatic heterocycles. The Morgan fingerprint density at radius 3 is 2.80 bits per heavy atom. The highest BCUT2D eigenvalue weighted by Gasteiger charge is 2.33. The van der Waals surface area contributed by atoms with Crippen molar-refractivity contribution in [2.24, 2.45) is 0 Å². The van der Waals surface area contributed by atoms with Gasteiger partial charge in [-0.2, -0.15) is 0 Å². The molecule has 0 radical (unpaired) electrons. The van der Waals surface area contributed by atoms with Gasteiger partial charge >= 0.3 is 12.2 Å². The summed E-state index contributed by atoms with van der Waals surface area (Å²) < 4.78 is 16.6. The van der Waals surface area contributed by atoms with E-state index in [1.807, 2.05) is 42.5 Å². The Bertz CT molecular complexity index is 1430. The fraction of sp³-hybridized carbons (Fsp3) is 0.310. The number of likely N-dealkylation sites (N-methyl/N-ethyl adjacent to an activating group) is 1. The molecule has 1 fully saturated rings. The normalized spacial score (nSPS) is 15.9. The van der Waals surface area contributed by atoms with E-state index in [1.54, 1.807) is 12.1 Å². The molecule has 0 saturated carbocycles. The van der Waals surface area contributed by atoms with Crippen LogP contribution in [0.2, 0.25) is 0 Å². The molecule has 3 aromatic rings. The Morgan fingerprint density at radius 1 is 1.17 bits per heavy atom. The monoisotopic (exact) mass is 561 g/mol. The van der Waals surface area contributed by atoms with Crippen LogP contribution in [0.3, 0.4) is 0 Å². The highest BCUT2D eigenvalue weighted by molar-refractivity contribution is 5.95. The molecule has 5 rings (SSSR count). The number of nitrogens with zero attached hydrogens (tertiary/aromatic N) is 3. The van der Waals surface area contributed by atoms with E-state index in [9.17, 15) is 14.4 Å². The van der Waals surface area contributed by atoms with Gasteiger partial charge in [0.2, 0.25) is 0 Å². The van der Waals surface area contributed by atoms with E-state index in [2.05, 4.69) is 21.7 Å². The maximum Gasteiger partial charge on any atom is 0.415 e. The van der Waals surface area contributed by atoms with E-state index < -0.39 is 12.2 Å². The predicted molar refractivity (Wildman–Crippen MR) is 150 cm³/mol. The number of hydrogen-bond acceptors (Lipinski definition) is 8. The number of rotatable bonds is 11. The molecule has 12 heteroatoms. The molecular weight excluding hydrogens is 530 g/mol. The van der Waals surface area contributed by atoms with Gasteiger partial charge in [0.1, 0.15) is 24.3 Å². The number of ether oxygens (including phenoxy) is 3. The van der Waals surface area contributed by atoms with E-state index in [4.69, 9.17) is 19.3 Å². The lowest BCUT2D eigenvalue weighted by atomic mass is 10.0. The summed E-state index contributed by atoms with van der Waals surface area (Å²) in [5.41, 5.74) is 3.14. The molecule has 2 aliphatic rings. The van der Waals surface area contributed by atoms with Crippen LogP contribution in [0.25, 0.3) is 11.1 Å². The van der Waals surface area contributed by atoms with Crippen LogP contribution >= 0.6 is 0 Å². The van der Waals surface area contributed by atoms with Gasteiger partial charge in [-0.1, -0.05) is 30.3 Å². The van der Waals surface area contributed by atoms with Gasteiger partial charge < -0.3 is 34.9 Å².